The van der Waals surface area contributed by atoms with Crippen molar-refractivity contribution in [3.8, 4) is 22.6 Å². The minimum Gasteiger partial charge on any atom is -0.316 e. The van der Waals surface area contributed by atoms with E-state index in [0.29, 0.717) is 21.2 Å². The Kier molecular flexibility index (Phi) is 6.67. The first-order valence-electron chi connectivity index (χ1n) is 11.7. The Hall–Kier alpha value is -3.13. The number of benzene rings is 1. The van der Waals surface area contributed by atoms with Gasteiger partial charge in [-0.2, -0.15) is 10.5 Å². The third-order valence-electron chi connectivity index (χ3n) is 6.50. The van der Waals surface area contributed by atoms with Crippen LogP contribution in [0.25, 0.3) is 10.4 Å². The molecular weight excluding hydrogens is 460 g/mol. The summed E-state index contributed by atoms with van der Waals surface area (Å²) in [6.45, 7) is 0. The lowest BCUT2D eigenvalue weighted by Gasteiger charge is -2.15. The molecule has 7 heteroatoms. The molecule has 0 aliphatic heterocycles. The highest BCUT2D eigenvalue weighted by molar-refractivity contribution is 8.00. The van der Waals surface area contributed by atoms with Gasteiger partial charge in [0.15, 0.2) is 0 Å². The van der Waals surface area contributed by atoms with Crippen LogP contribution in [0.4, 0.5) is 5.00 Å². The molecule has 2 aliphatic rings. The fraction of sp³-hybridized carbons (Fsp3) is 0.333. The van der Waals surface area contributed by atoms with Gasteiger partial charge in [0, 0.05) is 10.6 Å². The summed E-state index contributed by atoms with van der Waals surface area (Å²) in [5.41, 5.74) is 6.82. The molecule has 0 radical (unpaired) electrons. The van der Waals surface area contributed by atoms with Crippen molar-refractivity contribution in [2.45, 2.75) is 56.4 Å². The molecular formula is C27H24N4OS2. The van der Waals surface area contributed by atoms with Gasteiger partial charge in [0.2, 0.25) is 5.91 Å². The molecule has 0 bridgehead atoms. The molecule has 0 spiro atoms. The average molecular weight is 485 g/mol. The van der Waals surface area contributed by atoms with Gasteiger partial charge in [-0.25, -0.2) is 4.98 Å². The fourth-order valence-electron chi connectivity index (χ4n) is 4.80. The van der Waals surface area contributed by atoms with E-state index < -0.39 is 0 Å². The first-order chi connectivity index (χ1) is 16.7. The molecule has 0 saturated heterocycles. The molecule has 2 aromatic heterocycles. The smallest absolute Gasteiger partial charge is 0.235 e. The Morgan fingerprint density at radius 3 is 2.68 bits per heavy atom. The van der Waals surface area contributed by atoms with Gasteiger partial charge in [-0.3, -0.25) is 4.79 Å². The number of nitriles is 2. The van der Waals surface area contributed by atoms with Crippen LogP contribution in [0.5, 0.6) is 0 Å². The van der Waals surface area contributed by atoms with Crippen LogP contribution in [0.3, 0.4) is 0 Å². The van der Waals surface area contributed by atoms with Crippen LogP contribution < -0.4 is 5.32 Å². The number of thiophene rings is 1. The molecule has 0 atom stereocenters. The van der Waals surface area contributed by atoms with Crippen molar-refractivity contribution < 1.29 is 4.79 Å². The lowest BCUT2D eigenvalue weighted by molar-refractivity contribution is -0.113. The highest BCUT2D eigenvalue weighted by atomic mass is 32.2. The van der Waals surface area contributed by atoms with Crippen LogP contribution in [0, 0.1) is 22.7 Å². The topological polar surface area (TPSA) is 89.6 Å². The third kappa shape index (κ3) is 4.46. The van der Waals surface area contributed by atoms with Gasteiger partial charge in [0.1, 0.15) is 22.2 Å². The highest BCUT2D eigenvalue weighted by Crippen LogP contribution is 2.44. The maximum Gasteiger partial charge on any atom is 0.235 e. The predicted octanol–water partition coefficient (Wildman–Crippen LogP) is 6.04. The van der Waals surface area contributed by atoms with Crippen molar-refractivity contribution in [1.29, 1.82) is 10.5 Å². The summed E-state index contributed by atoms with van der Waals surface area (Å²) >= 11 is 2.77. The standard InChI is InChI=1S/C27H24N4OS2/c28-14-19-13-18-8-3-1-2-4-10-23(18)30-26(19)33-16-24(32)31-27-22(15-29)21-12-11-17-7-5-6-9-20(17)25(21)34-27/h5-7,9,13H,1-4,8,10-12,16H2,(H,31,32). The zero-order valence-corrected chi connectivity index (χ0v) is 20.5. The van der Waals surface area contributed by atoms with E-state index in [1.54, 1.807) is 0 Å². The largest absolute Gasteiger partial charge is 0.316 e. The minimum atomic E-state index is -0.189. The molecule has 2 aliphatic carbocycles. The Labute approximate surface area is 207 Å². The van der Waals surface area contributed by atoms with Crippen molar-refractivity contribution in [3.05, 3.63) is 63.8 Å². The number of hydrogen-bond donors (Lipinski definition) is 1. The van der Waals surface area contributed by atoms with Gasteiger partial charge in [-0.1, -0.05) is 48.9 Å². The van der Waals surface area contributed by atoms with Gasteiger partial charge in [-0.15, -0.1) is 11.3 Å². The molecule has 34 heavy (non-hydrogen) atoms. The van der Waals surface area contributed by atoms with E-state index in [1.165, 1.54) is 47.1 Å². The van der Waals surface area contributed by atoms with Gasteiger partial charge < -0.3 is 5.32 Å². The molecule has 1 N–H and O–H groups in total. The number of nitrogens with zero attached hydrogens (tertiary/aromatic N) is 3. The van der Waals surface area contributed by atoms with Crippen molar-refractivity contribution in [3.63, 3.8) is 0 Å². The number of nitrogens with one attached hydrogen (secondary N) is 1. The van der Waals surface area contributed by atoms with Crippen LogP contribution in [-0.2, 0) is 30.5 Å². The number of rotatable bonds is 4. The first kappa shape index (κ1) is 22.7. The normalized spacial score (nSPS) is 14.4. The van der Waals surface area contributed by atoms with Gasteiger partial charge in [-0.05, 0) is 66.8 Å². The zero-order valence-electron chi connectivity index (χ0n) is 18.8. The molecule has 170 valence electrons. The summed E-state index contributed by atoms with van der Waals surface area (Å²) in [5.74, 6) is -0.0457. The number of carbonyl (C=O) groups excluding carboxylic acids is 1. The average Bonchev–Trinajstić information content (AvgIpc) is 3.20. The SMILES string of the molecule is N#Cc1cc2c(nc1SCC(=O)Nc1sc3c(c1C#N)CCc1ccccc1-3)CCCCCC2. The van der Waals surface area contributed by atoms with Crippen molar-refractivity contribution in [2.75, 3.05) is 11.1 Å². The van der Waals surface area contributed by atoms with E-state index in [2.05, 4.69) is 29.6 Å². The molecule has 0 fully saturated rings. The molecule has 5 nitrogen and oxygen atoms in total. The predicted molar refractivity (Wildman–Crippen MR) is 136 cm³/mol. The third-order valence-corrected chi connectivity index (χ3v) is 8.68. The second-order valence-electron chi connectivity index (χ2n) is 8.69. The first-order valence-corrected chi connectivity index (χ1v) is 13.5. The van der Waals surface area contributed by atoms with Crippen molar-refractivity contribution in [1.82, 2.24) is 4.98 Å². The molecule has 2 heterocycles. The number of hydrogen-bond acceptors (Lipinski definition) is 6. The van der Waals surface area contributed by atoms with Crippen molar-refractivity contribution >= 4 is 34.0 Å². The van der Waals surface area contributed by atoms with E-state index >= 15 is 0 Å². The number of anilines is 1. The summed E-state index contributed by atoms with van der Waals surface area (Å²) < 4.78 is 0. The lowest BCUT2D eigenvalue weighted by atomic mass is 9.90. The maximum atomic E-state index is 12.9. The Balaban J connectivity index is 1.33. The summed E-state index contributed by atoms with van der Waals surface area (Å²) in [4.78, 5) is 18.7. The van der Waals surface area contributed by atoms with Crippen LogP contribution in [0.1, 0.15) is 59.2 Å². The van der Waals surface area contributed by atoms with Crippen LogP contribution in [0.15, 0.2) is 35.4 Å². The maximum absolute atomic E-state index is 12.9. The summed E-state index contributed by atoms with van der Waals surface area (Å²) in [6, 6.07) is 14.8. The van der Waals surface area contributed by atoms with Crippen LogP contribution in [0.2, 0.25) is 0 Å². The Morgan fingerprint density at radius 1 is 1.03 bits per heavy atom. The zero-order chi connectivity index (χ0) is 23.5. The molecule has 0 saturated carbocycles. The molecule has 3 aromatic rings. The molecule has 1 amide bonds. The van der Waals surface area contributed by atoms with Gasteiger partial charge in [0.05, 0.1) is 16.9 Å². The Bertz CT molecular complexity index is 1350. The second-order valence-corrected chi connectivity index (χ2v) is 10.7. The van der Waals surface area contributed by atoms with E-state index in [9.17, 15) is 15.3 Å². The number of carbonyl (C=O) groups is 1. The van der Waals surface area contributed by atoms with Gasteiger partial charge in [0.25, 0.3) is 0 Å². The molecule has 5 rings (SSSR count). The Morgan fingerprint density at radius 2 is 1.85 bits per heavy atom. The summed E-state index contributed by atoms with van der Waals surface area (Å²) in [6.07, 6.45) is 8.27. The summed E-state index contributed by atoms with van der Waals surface area (Å²) in [5, 5.41) is 23.7. The highest BCUT2D eigenvalue weighted by Gasteiger charge is 2.25. The number of pyridine rings is 1. The molecule has 1 aromatic carbocycles. The quantitative estimate of drug-likeness (QED) is 0.456. The number of aryl methyl sites for hydroxylation is 3. The van der Waals surface area contributed by atoms with E-state index in [1.807, 2.05) is 18.2 Å². The summed E-state index contributed by atoms with van der Waals surface area (Å²) in [7, 11) is 0. The monoisotopic (exact) mass is 484 g/mol. The number of aromatic nitrogens is 1. The number of amides is 1. The van der Waals surface area contributed by atoms with E-state index in [-0.39, 0.29) is 11.7 Å². The second kappa shape index (κ2) is 10.0. The minimum absolute atomic E-state index is 0.143. The van der Waals surface area contributed by atoms with Gasteiger partial charge >= 0.3 is 0 Å². The van der Waals surface area contributed by atoms with Crippen LogP contribution in [-0.4, -0.2) is 16.6 Å². The lowest BCUT2D eigenvalue weighted by Crippen LogP contribution is -2.14. The molecule has 0 unspecified atom stereocenters. The van der Waals surface area contributed by atoms with Crippen LogP contribution >= 0.6 is 23.1 Å². The van der Waals surface area contributed by atoms with Crippen molar-refractivity contribution in [2.24, 2.45) is 0 Å². The number of thioether (sulfide) groups is 1. The van der Waals surface area contributed by atoms with E-state index in [0.717, 1.165) is 60.2 Å². The fourth-order valence-corrected chi connectivity index (χ4v) is 6.85. The van der Waals surface area contributed by atoms with E-state index in [4.69, 9.17) is 4.98 Å². The number of fused-ring (bicyclic) bond motifs is 4.